The minimum atomic E-state index is 0.737. The standard InChI is InChI=1S/C13H24N4/c1-4-17-7-5-6-12(17)9-16(3)10-13-14-8-11(2)15-13/h8,12H,4-7,9-10H2,1-3H3,(H,14,15). The lowest BCUT2D eigenvalue weighted by molar-refractivity contribution is 0.193. The van der Waals surface area contributed by atoms with Crippen molar-refractivity contribution in [2.75, 3.05) is 26.7 Å². The second-order valence-electron chi connectivity index (χ2n) is 5.13. The number of nitrogens with zero attached hydrogens (tertiary/aromatic N) is 3. The molecule has 0 aliphatic carbocycles. The van der Waals surface area contributed by atoms with Gasteiger partial charge in [-0.1, -0.05) is 6.92 Å². The van der Waals surface area contributed by atoms with Crippen molar-refractivity contribution >= 4 is 0 Å². The number of likely N-dealkylation sites (tertiary alicyclic amines) is 1. The molecule has 0 aromatic carbocycles. The van der Waals surface area contributed by atoms with Gasteiger partial charge in [-0.3, -0.25) is 9.80 Å². The number of aromatic nitrogens is 2. The van der Waals surface area contributed by atoms with E-state index in [2.05, 4.69) is 33.7 Å². The van der Waals surface area contributed by atoms with Gasteiger partial charge in [-0.2, -0.15) is 0 Å². The van der Waals surface area contributed by atoms with E-state index < -0.39 is 0 Å². The fourth-order valence-corrected chi connectivity index (χ4v) is 2.75. The van der Waals surface area contributed by atoms with E-state index >= 15 is 0 Å². The first kappa shape index (κ1) is 12.6. The van der Waals surface area contributed by atoms with Crippen molar-refractivity contribution in [3.8, 4) is 0 Å². The van der Waals surface area contributed by atoms with E-state index in [0.29, 0.717) is 0 Å². The maximum absolute atomic E-state index is 4.36. The third-order valence-electron chi connectivity index (χ3n) is 3.60. The van der Waals surface area contributed by atoms with E-state index in [9.17, 15) is 0 Å². The Morgan fingerprint density at radius 2 is 2.41 bits per heavy atom. The molecule has 0 saturated carbocycles. The minimum Gasteiger partial charge on any atom is -0.345 e. The van der Waals surface area contributed by atoms with Gasteiger partial charge in [0.25, 0.3) is 0 Å². The number of aromatic amines is 1. The Kier molecular flexibility index (Phi) is 4.18. The van der Waals surface area contributed by atoms with Crippen LogP contribution in [0.25, 0.3) is 0 Å². The molecule has 1 saturated heterocycles. The van der Waals surface area contributed by atoms with Gasteiger partial charge in [0, 0.05) is 24.5 Å². The van der Waals surface area contributed by atoms with E-state index in [1.54, 1.807) is 0 Å². The highest BCUT2D eigenvalue weighted by Crippen LogP contribution is 2.17. The molecule has 0 bridgehead atoms. The summed E-state index contributed by atoms with van der Waals surface area (Å²) in [7, 11) is 2.18. The molecule has 2 rings (SSSR count). The van der Waals surface area contributed by atoms with Crippen LogP contribution in [0, 0.1) is 6.92 Å². The SMILES string of the molecule is CCN1CCCC1CN(C)Cc1ncc(C)[nH]1. The van der Waals surface area contributed by atoms with Crippen LogP contribution >= 0.6 is 0 Å². The maximum atomic E-state index is 4.36. The van der Waals surface area contributed by atoms with Gasteiger partial charge < -0.3 is 4.98 Å². The third-order valence-corrected chi connectivity index (χ3v) is 3.60. The van der Waals surface area contributed by atoms with Gasteiger partial charge in [-0.05, 0) is 39.9 Å². The predicted molar refractivity (Wildman–Crippen MR) is 69.9 cm³/mol. The van der Waals surface area contributed by atoms with Crippen molar-refractivity contribution < 1.29 is 0 Å². The first-order chi connectivity index (χ1) is 8.19. The molecule has 1 N–H and O–H groups in total. The Morgan fingerprint density at radius 3 is 3.06 bits per heavy atom. The van der Waals surface area contributed by atoms with Gasteiger partial charge in [0.2, 0.25) is 0 Å². The second-order valence-corrected chi connectivity index (χ2v) is 5.13. The normalized spacial score (nSPS) is 21.5. The topological polar surface area (TPSA) is 35.2 Å². The Labute approximate surface area is 104 Å². The molecule has 4 nitrogen and oxygen atoms in total. The number of likely N-dealkylation sites (N-methyl/N-ethyl adjacent to an activating group) is 2. The Morgan fingerprint density at radius 1 is 1.59 bits per heavy atom. The zero-order valence-corrected chi connectivity index (χ0v) is 11.2. The Balaban J connectivity index is 1.82. The monoisotopic (exact) mass is 236 g/mol. The highest BCUT2D eigenvalue weighted by Gasteiger charge is 2.24. The zero-order chi connectivity index (χ0) is 12.3. The van der Waals surface area contributed by atoms with Crippen molar-refractivity contribution in [2.45, 2.75) is 39.3 Å². The lowest BCUT2D eigenvalue weighted by Crippen LogP contribution is -2.38. The van der Waals surface area contributed by atoms with Crippen LogP contribution in [-0.2, 0) is 6.54 Å². The molecule has 1 atom stereocenters. The Hall–Kier alpha value is -0.870. The summed E-state index contributed by atoms with van der Waals surface area (Å²) in [6.07, 6.45) is 4.60. The summed E-state index contributed by atoms with van der Waals surface area (Å²) in [4.78, 5) is 12.6. The van der Waals surface area contributed by atoms with Crippen LogP contribution in [0.1, 0.15) is 31.3 Å². The molecular formula is C13H24N4. The van der Waals surface area contributed by atoms with Gasteiger partial charge in [-0.15, -0.1) is 0 Å². The van der Waals surface area contributed by atoms with Crippen molar-refractivity contribution in [3.63, 3.8) is 0 Å². The molecule has 1 fully saturated rings. The second kappa shape index (κ2) is 5.65. The summed E-state index contributed by atoms with van der Waals surface area (Å²) >= 11 is 0. The number of rotatable bonds is 5. The van der Waals surface area contributed by atoms with E-state index in [0.717, 1.165) is 30.6 Å². The molecule has 2 heterocycles. The molecule has 17 heavy (non-hydrogen) atoms. The van der Waals surface area contributed by atoms with Crippen LogP contribution in [0.3, 0.4) is 0 Å². The first-order valence-electron chi connectivity index (χ1n) is 6.62. The average Bonchev–Trinajstić information content (AvgIpc) is 2.87. The average molecular weight is 236 g/mol. The Bertz CT molecular complexity index is 347. The van der Waals surface area contributed by atoms with Gasteiger partial charge in [-0.25, -0.2) is 4.98 Å². The summed E-state index contributed by atoms with van der Waals surface area (Å²) in [5.74, 6) is 1.08. The molecule has 96 valence electrons. The van der Waals surface area contributed by atoms with E-state index in [4.69, 9.17) is 0 Å². The van der Waals surface area contributed by atoms with Crippen LogP contribution in [0.5, 0.6) is 0 Å². The highest BCUT2D eigenvalue weighted by molar-refractivity contribution is 4.98. The first-order valence-corrected chi connectivity index (χ1v) is 6.62. The maximum Gasteiger partial charge on any atom is 0.120 e. The molecule has 4 heteroatoms. The van der Waals surface area contributed by atoms with Crippen LogP contribution in [0.2, 0.25) is 0 Å². The molecule has 0 amide bonds. The molecule has 1 aromatic rings. The number of hydrogen-bond donors (Lipinski definition) is 1. The molecule has 0 spiro atoms. The van der Waals surface area contributed by atoms with Crippen LogP contribution in [-0.4, -0.2) is 52.5 Å². The van der Waals surface area contributed by atoms with Gasteiger partial charge >= 0.3 is 0 Å². The number of imidazole rings is 1. The van der Waals surface area contributed by atoms with E-state index in [1.807, 2.05) is 13.1 Å². The largest absolute Gasteiger partial charge is 0.345 e. The molecule has 1 aliphatic rings. The highest BCUT2D eigenvalue weighted by atomic mass is 15.2. The van der Waals surface area contributed by atoms with Crippen LogP contribution in [0.15, 0.2) is 6.20 Å². The summed E-state index contributed by atoms with van der Waals surface area (Å²) in [5.41, 5.74) is 1.14. The number of aryl methyl sites for hydroxylation is 1. The molecular weight excluding hydrogens is 212 g/mol. The predicted octanol–water partition coefficient (Wildman–Crippen LogP) is 1.63. The fraction of sp³-hybridized carbons (Fsp3) is 0.769. The van der Waals surface area contributed by atoms with Crippen molar-refractivity contribution in [1.29, 1.82) is 0 Å². The van der Waals surface area contributed by atoms with Crippen LogP contribution < -0.4 is 0 Å². The molecule has 0 radical (unpaired) electrons. The van der Waals surface area contributed by atoms with Gasteiger partial charge in [0.1, 0.15) is 5.82 Å². The lowest BCUT2D eigenvalue weighted by Gasteiger charge is -2.27. The lowest BCUT2D eigenvalue weighted by atomic mass is 10.2. The summed E-state index contributed by atoms with van der Waals surface area (Å²) in [5, 5.41) is 0. The van der Waals surface area contributed by atoms with E-state index in [1.165, 1.54) is 25.9 Å². The summed E-state index contributed by atoms with van der Waals surface area (Å²) < 4.78 is 0. The molecule has 1 aliphatic heterocycles. The number of nitrogens with one attached hydrogen (secondary N) is 1. The van der Waals surface area contributed by atoms with Crippen molar-refractivity contribution in [1.82, 2.24) is 19.8 Å². The van der Waals surface area contributed by atoms with Crippen molar-refractivity contribution in [2.24, 2.45) is 0 Å². The number of H-pyrrole nitrogens is 1. The van der Waals surface area contributed by atoms with E-state index in [-0.39, 0.29) is 0 Å². The van der Waals surface area contributed by atoms with Gasteiger partial charge in [0.05, 0.1) is 6.54 Å². The fourth-order valence-electron chi connectivity index (χ4n) is 2.75. The summed E-state index contributed by atoms with van der Waals surface area (Å²) in [6.45, 7) is 8.82. The summed E-state index contributed by atoms with van der Waals surface area (Å²) in [6, 6.07) is 0.737. The van der Waals surface area contributed by atoms with Crippen molar-refractivity contribution in [3.05, 3.63) is 17.7 Å². The smallest absolute Gasteiger partial charge is 0.120 e. The molecule has 1 unspecified atom stereocenters. The quantitative estimate of drug-likeness (QED) is 0.844. The molecule has 1 aromatic heterocycles. The zero-order valence-electron chi connectivity index (χ0n) is 11.2. The third kappa shape index (κ3) is 3.30. The van der Waals surface area contributed by atoms with Gasteiger partial charge in [0.15, 0.2) is 0 Å². The number of hydrogen-bond acceptors (Lipinski definition) is 3. The minimum absolute atomic E-state index is 0.737. The van der Waals surface area contributed by atoms with Crippen LogP contribution in [0.4, 0.5) is 0 Å².